The first-order valence-corrected chi connectivity index (χ1v) is 6.56. The lowest BCUT2D eigenvalue weighted by atomic mass is 10.1. The smallest absolute Gasteiger partial charge is 0.128 e. The number of halogens is 2. The molecule has 0 aromatic heterocycles. The molecule has 96 valence electrons. The normalized spacial score (nSPS) is 10.0. The van der Waals surface area contributed by atoms with Gasteiger partial charge in [0.2, 0.25) is 0 Å². The van der Waals surface area contributed by atoms with E-state index in [1.807, 2.05) is 30.1 Å². The van der Waals surface area contributed by atoms with Crippen LogP contribution in [0, 0.1) is 17.1 Å². The third kappa shape index (κ3) is 2.94. The topological polar surface area (TPSA) is 27.0 Å². The highest BCUT2D eigenvalue weighted by molar-refractivity contribution is 9.10. The summed E-state index contributed by atoms with van der Waals surface area (Å²) in [6, 6.07) is 14.3. The lowest BCUT2D eigenvalue weighted by Gasteiger charge is -2.21. The van der Waals surface area contributed by atoms with Gasteiger partial charge in [0, 0.05) is 23.6 Å². The van der Waals surface area contributed by atoms with Crippen molar-refractivity contribution >= 4 is 21.6 Å². The van der Waals surface area contributed by atoms with E-state index in [2.05, 4.69) is 22.0 Å². The van der Waals surface area contributed by atoms with Gasteiger partial charge in [-0.15, -0.1) is 0 Å². The van der Waals surface area contributed by atoms with Crippen molar-refractivity contribution in [2.45, 2.75) is 6.54 Å². The Morgan fingerprint density at radius 3 is 2.63 bits per heavy atom. The van der Waals surface area contributed by atoms with Crippen molar-refractivity contribution in [3.63, 3.8) is 0 Å². The molecule has 4 heteroatoms. The van der Waals surface area contributed by atoms with Crippen molar-refractivity contribution in [2.24, 2.45) is 0 Å². The third-order valence-electron chi connectivity index (χ3n) is 2.88. The summed E-state index contributed by atoms with van der Waals surface area (Å²) < 4.78 is 14.4. The van der Waals surface area contributed by atoms with Gasteiger partial charge < -0.3 is 4.90 Å². The molecule has 0 heterocycles. The Morgan fingerprint density at radius 2 is 1.95 bits per heavy atom. The van der Waals surface area contributed by atoms with Crippen LogP contribution in [-0.4, -0.2) is 7.05 Å². The second kappa shape index (κ2) is 5.85. The fourth-order valence-corrected chi connectivity index (χ4v) is 2.35. The van der Waals surface area contributed by atoms with Crippen molar-refractivity contribution in [1.29, 1.82) is 5.26 Å². The molecule has 2 nitrogen and oxygen atoms in total. The summed E-state index contributed by atoms with van der Waals surface area (Å²) in [5, 5.41) is 9.19. The number of rotatable bonds is 3. The summed E-state index contributed by atoms with van der Waals surface area (Å²) in [5.74, 6) is -0.233. The van der Waals surface area contributed by atoms with Crippen LogP contribution < -0.4 is 4.90 Å². The molecule has 19 heavy (non-hydrogen) atoms. The van der Waals surface area contributed by atoms with Crippen LogP contribution in [0.25, 0.3) is 0 Å². The molecule has 2 aromatic rings. The monoisotopic (exact) mass is 318 g/mol. The predicted octanol–water partition coefficient (Wildman–Crippen LogP) is 4.10. The average Bonchev–Trinajstić information content (AvgIpc) is 2.41. The minimum Gasteiger partial charge on any atom is -0.369 e. The van der Waals surface area contributed by atoms with Gasteiger partial charge in [-0.2, -0.15) is 5.26 Å². The minimum atomic E-state index is -0.233. The molecule has 0 amide bonds. The van der Waals surface area contributed by atoms with Crippen LogP contribution in [0.4, 0.5) is 10.1 Å². The average molecular weight is 319 g/mol. The minimum absolute atomic E-state index is 0.233. The van der Waals surface area contributed by atoms with Crippen molar-refractivity contribution in [1.82, 2.24) is 0 Å². The van der Waals surface area contributed by atoms with Gasteiger partial charge in [0.05, 0.1) is 11.3 Å². The first kappa shape index (κ1) is 13.6. The molecule has 0 aliphatic carbocycles. The van der Waals surface area contributed by atoms with Crippen LogP contribution in [0.2, 0.25) is 0 Å². The zero-order valence-electron chi connectivity index (χ0n) is 10.4. The van der Waals surface area contributed by atoms with Gasteiger partial charge in [0.25, 0.3) is 0 Å². The lowest BCUT2D eigenvalue weighted by Crippen LogP contribution is -2.18. The fourth-order valence-electron chi connectivity index (χ4n) is 1.91. The van der Waals surface area contributed by atoms with Gasteiger partial charge in [-0.25, -0.2) is 4.39 Å². The zero-order valence-corrected chi connectivity index (χ0v) is 12.0. The van der Waals surface area contributed by atoms with Gasteiger partial charge in [-0.05, 0) is 34.1 Å². The van der Waals surface area contributed by atoms with E-state index in [0.29, 0.717) is 17.7 Å². The molecule has 0 aliphatic rings. The Kier molecular flexibility index (Phi) is 4.18. The molecule has 2 aromatic carbocycles. The molecular weight excluding hydrogens is 307 g/mol. The number of anilines is 1. The van der Waals surface area contributed by atoms with Gasteiger partial charge in [-0.1, -0.05) is 24.3 Å². The molecule has 0 aliphatic heterocycles. The Hall–Kier alpha value is -1.86. The van der Waals surface area contributed by atoms with E-state index < -0.39 is 0 Å². The maximum Gasteiger partial charge on any atom is 0.128 e. The standard InChI is InChI=1S/C15H12BrFN2/c1-19(10-11-5-2-3-7-14(11)17)15-8-4-6-13(16)12(15)9-18/h2-8H,10H2,1H3. The lowest BCUT2D eigenvalue weighted by molar-refractivity contribution is 0.608. The molecule has 0 N–H and O–H groups in total. The molecule has 0 spiro atoms. The van der Waals surface area contributed by atoms with E-state index in [-0.39, 0.29) is 5.82 Å². The zero-order chi connectivity index (χ0) is 13.8. The van der Waals surface area contributed by atoms with E-state index in [9.17, 15) is 9.65 Å². The summed E-state index contributed by atoms with van der Waals surface area (Å²) in [5.41, 5.74) is 1.94. The fraction of sp³-hybridized carbons (Fsp3) is 0.133. The van der Waals surface area contributed by atoms with E-state index in [1.54, 1.807) is 18.2 Å². The maximum absolute atomic E-state index is 13.6. The predicted molar refractivity (Wildman–Crippen MR) is 77.4 cm³/mol. The van der Waals surface area contributed by atoms with Crippen molar-refractivity contribution < 1.29 is 4.39 Å². The van der Waals surface area contributed by atoms with Crippen molar-refractivity contribution in [3.05, 3.63) is 63.9 Å². The summed E-state index contributed by atoms with van der Waals surface area (Å²) in [6.07, 6.45) is 0. The van der Waals surface area contributed by atoms with Crippen LogP contribution in [0.5, 0.6) is 0 Å². The molecule has 2 rings (SSSR count). The third-order valence-corrected chi connectivity index (χ3v) is 3.54. The van der Waals surface area contributed by atoms with Gasteiger partial charge >= 0.3 is 0 Å². The molecule has 0 atom stereocenters. The van der Waals surface area contributed by atoms with Gasteiger partial charge in [0.15, 0.2) is 0 Å². The summed E-state index contributed by atoms with van der Waals surface area (Å²) in [7, 11) is 1.84. The number of nitriles is 1. The second-order valence-electron chi connectivity index (χ2n) is 4.19. The van der Waals surface area contributed by atoms with Crippen LogP contribution in [0.1, 0.15) is 11.1 Å². The summed E-state index contributed by atoms with van der Waals surface area (Å²) >= 11 is 3.35. The van der Waals surface area contributed by atoms with E-state index in [0.717, 1.165) is 10.2 Å². The highest BCUT2D eigenvalue weighted by atomic mass is 79.9. The highest BCUT2D eigenvalue weighted by Crippen LogP contribution is 2.27. The highest BCUT2D eigenvalue weighted by Gasteiger charge is 2.12. The van der Waals surface area contributed by atoms with Gasteiger partial charge in [0.1, 0.15) is 11.9 Å². The van der Waals surface area contributed by atoms with Crippen molar-refractivity contribution in [3.8, 4) is 6.07 Å². The van der Waals surface area contributed by atoms with E-state index in [4.69, 9.17) is 0 Å². The van der Waals surface area contributed by atoms with Crippen molar-refractivity contribution in [2.75, 3.05) is 11.9 Å². The first-order valence-electron chi connectivity index (χ1n) is 5.76. The van der Waals surface area contributed by atoms with E-state index in [1.165, 1.54) is 6.07 Å². The molecule has 0 saturated carbocycles. The summed E-state index contributed by atoms with van der Waals surface area (Å²) in [6.45, 7) is 0.414. The van der Waals surface area contributed by atoms with Crippen LogP contribution in [-0.2, 0) is 6.54 Å². The number of benzene rings is 2. The number of hydrogen-bond donors (Lipinski definition) is 0. The van der Waals surface area contributed by atoms with Gasteiger partial charge in [-0.3, -0.25) is 0 Å². The largest absolute Gasteiger partial charge is 0.369 e. The molecule has 0 saturated heterocycles. The Balaban J connectivity index is 2.31. The Labute approximate surface area is 120 Å². The maximum atomic E-state index is 13.6. The first-order chi connectivity index (χ1) is 9.13. The van der Waals surface area contributed by atoms with Crippen LogP contribution in [0.3, 0.4) is 0 Å². The number of nitrogens with zero attached hydrogens (tertiary/aromatic N) is 2. The van der Waals surface area contributed by atoms with Crippen LogP contribution >= 0.6 is 15.9 Å². The second-order valence-corrected chi connectivity index (χ2v) is 5.05. The van der Waals surface area contributed by atoms with Crippen LogP contribution in [0.15, 0.2) is 46.9 Å². The number of hydrogen-bond acceptors (Lipinski definition) is 2. The quantitative estimate of drug-likeness (QED) is 0.852. The molecule has 0 radical (unpaired) electrons. The van der Waals surface area contributed by atoms with E-state index >= 15 is 0 Å². The molecular formula is C15H12BrFN2. The molecule has 0 unspecified atom stereocenters. The Morgan fingerprint density at radius 1 is 1.21 bits per heavy atom. The molecule has 0 fully saturated rings. The summed E-state index contributed by atoms with van der Waals surface area (Å²) in [4.78, 5) is 1.86. The SMILES string of the molecule is CN(Cc1ccccc1F)c1cccc(Br)c1C#N. The Bertz CT molecular complexity index is 634. The molecule has 0 bridgehead atoms.